The van der Waals surface area contributed by atoms with Crippen LogP contribution in [0.2, 0.25) is 0 Å². The second-order valence-corrected chi connectivity index (χ2v) is 5.33. The highest BCUT2D eigenvalue weighted by Gasteiger charge is 2.40. The molecule has 0 unspecified atom stereocenters. The second-order valence-electron chi connectivity index (χ2n) is 5.33. The van der Waals surface area contributed by atoms with Crippen LogP contribution in [0, 0.1) is 0 Å². The number of halogens is 3. The highest BCUT2D eigenvalue weighted by molar-refractivity contribution is 5.46. The Kier molecular flexibility index (Phi) is 3.78. The number of β-amino-alcohol motifs (C(OH)–C–C–N with tert-alkyl or cyclic N) is 1. The second kappa shape index (κ2) is 5.61. The van der Waals surface area contributed by atoms with Gasteiger partial charge in [0.15, 0.2) is 0 Å². The molecule has 1 fully saturated rings. The molecule has 0 spiro atoms. The number of hydrogen-bond acceptors (Lipinski definition) is 3. The van der Waals surface area contributed by atoms with Crippen LogP contribution in [-0.4, -0.2) is 22.7 Å². The van der Waals surface area contributed by atoms with Crippen molar-refractivity contribution in [2.45, 2.75) is 24.7 Å². The maximum Gasteiger partial charge on any atom is 0.416 e. The molecule has 0 amide bonds. The topological polar surface area (TPSA) is 36.4 Å². The molecule has 2 atom stereocenters. The summed E-state index contributed by atoms with van der Waals surface area (Å²) < 4.78 is 39.7. The maximum absolute atomic E-state index is 13.2. The lowest BCUT2D eigenvalue weighted by atomic mass is 9.97. The Morgan fingerprint density at radius 1 is 1.09 bits per heavy atom. The van der Waals surface area contributed by atoms with E-state index in [1.54, 1.807) is 35.4 Å². The molecule has 116 valence electrons. The molecule has 1 N–H and O–H groups in total. The van der Waals surface area contributed by atoms with Crippen molar-refractivity contribution in [1.29, 1.82) is 0 Å². The lowest BCUT2D eigenvalue weighted by Crippen LogP contribution is -2.26. The van der Waals surface area contributed by atoms with Gasteiger partial charge in [-0.15, -0.1) is 0 Å². The van der Waals surface area contributed by atoms with E-state index < -0.39 is 23.9 Å². The van der Waals surface area contributed by atoms with E-state index in [1.165, 1.54) is 12.1 Å². The van der Waals surface area contributed by atoms with E-state index in [1.807, 2.05) is 0 Å². The van der Waals surface area contributed by atoms with Gasteiger partial charge in [0.05, 0.1) is 17.7 Å². The summed E-state index contributed by atoms with van der Waals surface area (Å²) in [5.41, 5.74) is -0.479. The summed E-state index contributed by atoms with van der Waals surface area (Å²) >= 11 is 0. The molecule has 1 aromatic carbocycles. The molecule has 2 heterocycles. The van der Waals surface area contributed by atoms with Crippen molar-refractivity contribution in [3.63, 3.8) is 0 Å². The predicted molar refractivity (Wildman–Crippen MR) is 76.4 cm³/mol. The molecule has 1 aliphatic rings. The Bertz CT molecular complexity index is 645. The SMILES string of the molecule is O[C@@H]1C[C@@H](c2ccccc2C(F)(F)F)N(c2ccccn2)C1. The van der Waals surface area contributed by atoms with E-state index in [0.29, 0.717) is 5.82 Å². The van der Waals surface area contributed by atoms with Crippen molar-refractivity contribution in [2.75, 3.05) is 11.4 Å². The summed E-state index contributed by atoms with van der Waals surface area (Å²) in [6, 6.07) is 10.2. The van der Waals surface area contributed by atoms with Gasteiger partial charge in [0, 0.05) is 12.7 Å². The van der Waals surface area contributed by atoms with Crippen LogP contribution in [-0.2, 0) is 6.18 Å². The largest absolute Gasteiger partial charge is 0.416 e. The molecule has 22 heavy (non-hydrogen) atoms. The lowest BCUT2D eigenvalue weighted by molar-refractivity contribution is -0.138. The summed E-state index contributed by atoms with van der Waals surface area (Å²) in [6.45, 7) is 0.272. The predicted octanol–water partition coefficient (Wildman–Crippen LogP) is 3.41. The van der Waals surface area contributed by atoms with Gasteiger partial charge >= 0.3 is 6.18 Å². The average molecular weight is 308 g/mol. The molecule has 1 saturated heterocycles. The average Bonchev–Trinajstić information content (AvgIpc) is 2.89. The van der Waals surface area contributed by atoms with E-state index in [-0.39, 0.29) is 18.5 Å². The van der Waals surface area contributed by atoms with Crippen LogP contribution in [0.1, 0.15) is 23.6 Å². The van der Waals surface area contributed by atoms with E-state index >= 15 is 0 Å². The summed E-state index contributed by atoms with van der Waals surface area (Å²) in [4.78, 5) is 5.93. The van der Waals surface area contributed by atoms with E-state index in [9.17, 15) is 18.3 Å². The van der Waals surface area contributed by atoms with Crippen LogP contribution < -0.4 is 4.90 Å². The van der Waals surface area contributed by atoms with E-state index in [0.717, 1.165) is 6.07 Å². The molecule has 0 saturated carbocycles. The Labute approximate surface area is 126 Å². The van der Waals surface area contributed by atoms with Gasteiger partial charge in [-0.2, -0.15) is 13.2 Å². The molecule has 1 aliphatic heterocycles. The number of nitrogens with zero attached hydrogens (tertiary/aromatic N) is 2. The first kappa shape index (κ1) is 14.8. The smallest absolute Gasteiger partial charge is 0.391 e. The number of aliphatic hydroxyl groups is 1. The summed E-state index contributed by atoms with van der Waals surface area (Å²) in [6.07, 6.45) is -3.25. The zero-order chi connectivity index (χ0) is 15.7. The van der Waals surface area contributed by atoms with Crippen molar-refractivity contribution in [3.8, 4) is 0 Å². The number of pyridine rings is 1. The lowest BCUT2D eigenvalue weighted by Gasteiger charge is -2.27. The summed E-state index contributed by atoms with van der Waals surface area (Å²) in [7, 11) is 0. The Hall–Kier alpha value is -2.08. The normalized spacial score (nSPS) is 22.1. The quantitative estimate of drug-likeness (QED) is 0.923. The first-order valence-electron chi connectivity index (χ1n) is 6.98. The molecule has 3 rings (SSSR count). The fourth-order valence-electron chi connectivity index (χ4n) is 2.93. The molecule has 0 radical (unpaired) electrons. The highest BCUT2D eigenvalue weighted by atomic mass is 19.4. The molecule has 0 aliphatic carbocycles. The number of rotatable bonds is 2. The zero-order valence-electron chi connectivity index (χ0n) is 11.7. The van der Waals surface area contributed by atoms with Gasteiger partial charge in [-0.05, 0) is 30.2 Å². The minimum absolute atomic E-state index is 0.178. The minimum Gasteiger partial charge on any atom is -0.391 e. The van der Waals surface area contributed by atoms with Crippen LogP contribution >= 0.6 is 0 Å². The van der Waals surface area contributed by atoms with E-state index in [2.05, 4.69) is 4.98 Å². The van der Waals surface area contributed by atoms with Crippen molar-refractivity contribution in [2.24, 2.45) is 0 Å². The van der Waals surface area contributed by atoms with Crippen LogP contribution in [0.15, 0.2) is 48.7 Å². The van der Waals surface area contributed by atoms with Gasteiger partial charge in [-0.3, -0.25) is 0 Å². The van der Waals surface area contributed by atoms with Gasteiger partial charge < -0.3 is 10.0 Å². The molecular formula is C16H15F3N2O. The van der Waals surface area contributed by atoms with Gasteiger partial charge in [0.25, 0.3) is 0 Å². The van der Waals surface area contributed by atoms with Crippen molar-refractivity contribution in [3.05, 3.63) is 59.8 Å². The van der Waals surface area contributed by atoms with Crippen LogP contribution in [0.25, 0.3) is 0 Å². The Morgan fingerprint density at radius 3 is 2.50 bits per heavy atom. The van der Waals surface area contributed by atoms with Crippen LogP contribution in [0.3, 0.4) is 0 Å². The molecule has 6 heteroatoms. The van der Waals surface area contributed by atoms with Crippen molar-refractivity contribution < 1.29 is 18.3 Å². The minimum atomic E-state index is -4.42. The Balaban J connectivity index is 2.03. The number of aromatic nitrogens is 1. The van der Waals surface area contributed by atoms with E-state index in [4.69, 9.17) is 0 Å². The maximum atomic E-state index is 13.2. The van der Waals surface area contributed by atoms with Gasteiger partial charge in [-0.25, -0.2) is 4.98 Å². The zero-order valence-corrected chi connectivity index (χ0v) is 11.7. The Morgan fingerprint density at radius 2 is 1.82 bits per heavy atom. The number of alkyl halides is 3. The molecular weight excluding hydrogens is 293 g/mol. The fourth-order valence-corrected chi connectivity index (χ4v) is 2.93. The first-order chi connectivity index (χ1) is 10.5. The first-order valence-corrected chi connectivity index (χ1v) is 6.98. The van der Waals surface area contributed by atoms with Gasteiger partial charge in [-0.1, -0.05) is 24.3 Å². The number of aliphatic hydroxyl groups excluding tert-OH is 1. The van der Waals surface area contributed by atoms with Crippen LogP contribution in [0.4, 0.5) is 19.0 Å². The third kappa shape index (κ3) is 2.78. The standard InChI is InChI=1S/C16H15F3N2O/c17-16(18,19)13-6-2-1-5-12(13)14-9-11(22)10-21(14)15-7-3-4-8-20-15/h1-8,11,14,22H,9-10H2/t11-,14+/m1/s1. The number of benzene rings is 1. The molecule has 2 aromatic rings. The molecule has 3 nitrogen and oxygen atoms in total. The fraction of sp³-hybridized carbons (Fsp3) is 0.312. The van der Waals surface area contributed by atoms with Crippen LogP contribution in [0.5, 0.6) is 0 Å². The molecule has 0 bridgehead atoms. The van der Waals surface area contributed by atoms with Gasteiger partial charge in [0.2, 0.25) is 0 Å². The summed E-state index contributed by atoms with van der Waals surface area (Å²) in [5, 5.41) is 9.94. The van der Waals surface area contributed by atoms with Gasteiger partial charge in [0.1, 0.15) is 5.82 Å². The van der Waals surface area contributed by atoms with Crippen molar-refractivity contribution >= 4 is 5.82 Å². The monoisotopic (exact) mass is 308 g/mol. The third-order valence-corrected chi connectivity index (χ3v) is 3.85. The molecule has 1 aromatic heterocycles. The van der Waals surface area contributed by atoms with Crippen molar-refractivity contribution in [1.82, 2.24) is 4.98 Å². The number of hydrogen-bond donors (Lipinski definition) is 1. The summed E-state index contributed by atoms with van der Waals surface area (Å²) in [5.74, 6) is 0.570. The highest BCUT2D eigenvalue weighted by Crippen LogP contribution is 2.41. The third-order valence-electron chi connectivity index (χ3n) is 3.85. The number of anilines is 1.